The Morgan fingerprint density at radius 2 is 1.73 bits per heavy atom. The fourth-order valence-electron chi connectivity index (χ4n) is 3.32. The zero-order valence-electron chi connectivity index (χ0n) is 17.5. The number of methoxy groups -OCH3 is 1. The van der Waals surface area contributed by atoms with Gasteiger partial charge < -0.3 is 25.4 Å². The summed E-state index contributed by atoms with van der Waals surface area (Å²) in [6.45, 7) is 5.63. The molecular weight excluding hydrogens is 495 g/mol. The number of hydrogen-bond donors (Lipinski definition) is 2. The number of carbonyl (C=O) groups is 1. The number of morpholine rings is 1. The molecule has 7 nitrogen and oxygen atoms in total. The topological polar surface area (TPSA) is 89.2 Å². The van der Waals surface area contributed by atoms with E-state index < -0.39 is 0 Å². The second kappa shape index (κ2) is 11.2. The van der Waals surface area contributed by atoms with Crippen LogP contribution < -0.4 is 15.8 Å². The van der Waals surface area contributed by atoms with Crippen molar-refractivity contribution in [3.8, 4) is 5.75 Å². The number of carbonyl (C=O) groups excluding carboxylic acids is 1. The molecule has 1 amide bonds. The first-order valence-electron chi connectivity index (χ1n) is 9.69. The predicted octanol–water partition coefficient (Wildman–Crippen LogP) is 3.49. The molecule has 1 aliphatic heterocycles. The first kappa shape index (κ1) is 23.9. The smallest absolute Gasteiger partial charge is 0.254 e. The third kappa shape index (κ3) is 6.60. The van der Waals surface area contributed by atoms with Gasteiger partial charge in [-0.25, -0.2) is 4.99 Å². The maximum Gasteiger partial charge on any atom is 0.254 e. The van der Waals surface area contributed by atoms with Gasteiger partial charge >= 0.3 is 0 Å². The molecule has 0 radical (unpaired) electrons. The van der Waals surface area contributed by atoms with Crippen LogP contribution in [-0.2, 0) is 11.3 Å². The highest BCUT2D eigenvalue weighted by Gasteiger charge is 2.26. The van der Waals surface area contributed by atoms with Crippen LogP contribution in [0.15, 0.2) is 53.5 Å². The highest BCUT2D eigenvalue weighted by molar-refractivity contribution is 14.0. The molecule has 0 bridgehead atoms. The van der Waals surface area contributed by atoms with Crippen molar-refractivity contribution in [2.24, 2.45) is 10.7 Å². The molecule has 0 saturated carbocycles. The maximum absolute atomic E-state index is 12.7. The lowest BCUT2D eigenvalue weighted by molar-refractivity contribution is -0.0586. The van der Waals surface area contributed by atoms with Crippen LogP contribution in [-0.4, -0.2) is 49.2 Å². The van der Waals surface area contributed by atoms with Gasteiger partial charge in [-0.05, 0) is 55.8 Å². The van der Waals surface area contributed by atoms with Crippen LogP contribution in [0.2, 0.25) is 0 Å². The Bertz CT molecular complexity index is 846. The van der Waals surface area contributed by atoms with E-state index in [4.69, 9.17) is 15.2 Å². The van der Waals surface area contributed by atoms with Crippen LogP contribution in [0.5, 0.6) is 5.75 Å². The van der Waals surface area contributed by atoms with Crippen molar-refractivity contribution in [3.05, 3.63) is 59.7 Å². The number of halogens is 1. The number of aliphatic imine (C=N–C) groups is 1. The Hall–Kier alpha value is -2.33. The van der Waals surface area contributed by atoms with Crippen molar-refractivity contribution in [2.45, 2.75) is 32.6 Å². The van der Waals surface area contributed by atoms with Gasteiger partial charge in [0.15, 0.2) is 5.96 Å². The zero-order valence-corrected chi connectivity index (χ0v) is 19.8. The zero-order chi connectivity index (χ0) is 20.8. The van der Waals surface area contributed by atoms with Crippen molar-refractivity contribution >= 4 is 41.5 Å². The Balaban J connectivity index is 0.00000320. The largest absolute Gasteiger partial charge is 0.497 e. The van der Waals surface area contributed by atoms with Crippen LogP contribution in [0.3, 0.4) is 0 Å². The van der Waals surface area contributed by atoms with Gasteiger partial charge in [-0.3, -0.25) is 4.79 Å². The summed E-state index contributed by atoms with van der Waals surface area (Å²) in [5.74, 6) is 1.14. The number of hydrogen-bond acceptors (Lipinski definition) is 4. The van der Waals surface area contributed by atoms with Gasteiger partial charge in [0.2, 0.25) is 0 Å². The molecule has 1 fully saturated rings. The summed E-state index contributed by atoms with van der Waals surface area (Å²) in [5, 5.41) is 3.04. The van der Waals surface area contributed by atoms with E-state index in [9.17, 15) is 4.79 Å². The molecule has 2 atom stereocenters. The van der Waals surface area contributed by atoms with Crippen LogP contribution in [0.25, 0.3) is 0 Å². The molecule has 8 heteroatoms. The van der Waals surface area contributed by atoms with Crippen molar-refractivity contribution in [1.29, 1.82) is 0 Å². The number of nitrogens with zero attached hydrogens (tertiary/aromatic N) is 2. The molecule has 2 unspecified atom stereocenters. The molecule has 3 rings (SSSR count). The summed E-state index contributed by atoms with van der Waals surface area (Å²) in [4.78, 5) is 18.9. The lowest BCUT2D eigenvalue weighted by Gasteiger charge is -2.35. The summed E-state index contributed by atoms with van der Waals surface area (Å²) in [5.41, 5.74) is 8.44. The number of ether oxygens (including phenoxy) is 2. The Morgan fingerprint density at radius 1 is 1.13 bits per heavy atom. The number of rotatable bonds is 5. The summed E-state index contributed by atoms with van der Waals surface area (Å²) >= 11 is 0. The molecule has 0 aliphatic carbocycles. The minimum absolute atomic E-state index is 0. The number of nitrogens with one attached hydrogen (secondary N) is 1. The first-order chi connectivity index (χ1) is 13.9. The lowest BCUT2D eigenvalue weighted by atomic mass is 10.1. The first-order valence-corrected chi connectivity index (χ1v) is 9.69. The minimum Gasteiger partial charge on any atom is -0.497 e. The molecule has 2 aromatic rings. The number of anilines is 1. The SMILES string of the molecule is COc1ccc(NC(N)=NCc2ccc(C(=O)N3CC(C)OC(C)C3)cc2)cc1.I. The second-order valence-corrected chi connectivity index (χ2v) is 7.22. The average Bonchev–Trinajstić information content (AvgIpc) is 2.72. The molecule has 1 aliphatic rings. The highest BCUT2D eigenvalue weighted by Crippen LogP contribution is 2.16. The van der Waals surface area contributed by atoms with E-state index in [0.717, 1.165) is 17.0 Å². The van der Waals surface area contributed by atoms with E-state index in [-0.39, 0.29) is 42.1 Å². The fourth-order valence-corrected chi connectivity index (χ4v) is 3.32. The molecule has 162 valence electrons. The quantitative estimate of drug-likeness (QED) is 0.355. The van der Waals surface area contributed by atoms with Crippen LogP contribution in [0.4, 0.5) is 5.69 Å². The Labute approximate surface area is 194 Å². The number of benzene rings is 2. The molecule has 1 saturated heterocycles. The van der Waals surface area contributed by atoms with Crippen LogP contribution in [0.1, 0.15) is 29.8 Å². The Kier molecular flexibility index (Phi) is 8.91. The van der Waals surface area contributed by atoms with Gasteiger partial charge in [0, 0.05) is 24.3 Å². The van der Waals surface area contributed by atoms with Gasteiger partial charge in [-0.1, -0.05) is 12.1 Å². The van der Waals surface area contributed by atoms with Crippen molar-refractivity contribution in [1.82, 2.24) is 4.90 Å². The third-order valence-electron chi connectivity index (χ3n) is 4.70. The monoisotopic (exact) mass is 524 g/mol. The molecule has 0 spiro atoms. The summed E-state index contributed by atoms with van der Waals surface area (Å²) in [6.07, 6.45) is 0.106. The van der Waals surface area contributed by atoms with Gasteiger partial charge in [-0.15, -0.1) is 24.0 Å². The van der Waals surface area contributed by atoms with Crippen molar-refractivity contribution in [3.63, 3.8) is 0 Å². The fraction of sp³-hybridized carbons (Fsp3) is 0.364. The maximum atomic E-state index is 12.7. The van der Waals surface area contributed by atoms with Gasteiger partial charge in [0.05, 0.1) is 25.9 Å². The van der Waals surface area contributed by atoms with Gasteiger partial charge in [-0.2, -0.15) is 0 Å². The third-order valence-corrected chi connectivity index (χ3v) is 4.70. The van der Waals surface area contributed by atoms with Crippen LogP contribution in [0, 0.1) is 0 Å². The molecular formula is C22H29IN4O3. The van der Waals surface area contributed by atoms with E-state index in [1.165, 1.54) is 0 Å². The number of amides is 1. The molecule has 3 N–H and O–H groups in total. The standard InChI is InChI=1S/C22H28N4O3.HI/c1-15-13-26(14-16(2)29-15)21(27)18-6-4-17(5-7-18)12-24-22(23)25-19-8-10-20(28-3)11-9-19;/h4-11,15-16H,12-14H2,1-3H3,(H3,23,24,25);1H. The van der Waals surface area contributed by atoms with Crippen molar-refractivity contribution in [2.75, 3.05) is 25.5 Å². The molecule has 2 aromatic carbocycles. The summed E-state index contributed by atoms with van der Waals surface area (Å²) in [6, 6.07) is 14.9. The van der Waals surface area contributed by atoms with E-state index in [1.807, 2.05) is 67.3 Å². The van der Waals surface area contributed by atoms with E-state index >= 15 is 0 Å². The molecule has 0 aromatic heterocycles. The number of guanidine groups is 1. The van der Waals surface area contributed by atoms with E-state index in [1.54, 1.807) is 7.11 Å². The van der Waals surface area contributed by atoms with Gasteiger partial charge in [0.25, 0.3) is 5.91 Å². The highest BCUT2D eigenvalue weighted by atomic mass is 127. The molecule has 1 heterocycles. The average molecular weight is 524 g/mol. The van der Waals surface area contributed by atoms with E-state index in [0.29, 0.717) is 31.2 Å². The normalized spacial score (nSPS) is 19.0. The lowest BCUT2D eigenvalue weighted by Crippen LogP contribution is -2.48. The van der Waals surface area contributed by atoms with Gasteiger partial charge in [0.1, 0.15) is 5.75 Å². The Morgan fingerprint density at radius 3 is 2.30 bits per heavy atom. The summed E-state index contributed by atoms with van der Waals surface area (Å²) < 4.78 is 10.8. The minimum atomic E-state index is 0. The van der Waals surface area contributed by atoms with Crippen molar-refractivity contribution < 1.29 is 14.3 Å². The molecule has 30 heavy (non-hydrogen) atoms. The van der Waals surface area contributed by atoms with E-state index in [2.05, 4.69) is 10.3 Å². The number of nitrogens with two attached hydrogens (primary N) is 1. The predicted molar refractivity (Wildman–Crippen MR) is 130 cm³/mol. The van der Waals surface area contributed by atoms with Crippen LogP contribution >= 0.6 is 24.0 Å². The summed E-state index contributed by atoms with van der Waals surface area (Å²) in [7, 11) is 1.62. The second-order valence-electron chi connectivity index (χ2n) is 7.22.